The standard InChI is InChI=1S/C16H30N2O/c1-15(2)13(16(15,3)4)11-18-14(19)6-5-12-7-9-17-10-8-12/h12-13,17H,5-11H2,1-4H3,(H,18,19). The molecule has 1 saturated heterocycles. The number of carbonyl (C=O) groups excluding carboxylic acids is 1. The summed E-state index contributed by atoms with van der Waals surface area (Å²) in [4.78, 5) is 11.9. The molecule has 1 heterocycles. The minimum absolute atomic E-state index is 0.247. The summed E-state index contributed by atoms with van der Waals surface area (Å²) in [6.07, 6.45) is 4.23. The maximum absolute atomic E-state index is 11.9. The highest BCUT2D eigenvalue weighted by molar-refractivity contribution is 5.75. The zero-order valence-electron chi connectivity index (χ0n) is 13.0. The van der Waals surface area contributed by atoms with Crippen molar-refractivity contribution in [1.29, 1.82) is 0 Å². The summed E-state index contributed by atoms with van der Waals surface area (Å²) in [6.45, 7) is 12.3. The summed E-state index contributed by atoms with van der Waals surface area (Å²) in [5, 5.41) is 6.51. The fourth-order valence-electron chi connectivity index (χ4n) is 3.65. The van der Waals surface area contributed by atoms with Crippen LogP contribution in [0.4, 0.5) is 0 Å². The van der Waals surface area contributed by atoms with E-state index >= 15 is 0 Å². The van der Waals surface area contributed by atoms with Gasteiger partial charge in [-0.05, 0) is 55.0 Å². The monoisotopic (exact) mass is 266 g/mol. The number of rotatable bonds is 5. The molecule has 0 aromatic rings. The number of carbonyl (C=O) groups is 1. The maximum Gasteiger partial charge on any atom is 0.220 e. The maximum atomic E-state index is 11.9. The lowest BCUT2D eigenvalue weighted by Crippen LogP contribution is -2.30. The first kappa shape index (κ1) is 14.8. The smallest absolute Gasteiger partial charge is 0.220 e. The third-order valence-electron chi connectivity index (χ3n) is 6.06. The van der Waals surface area contributed by atoms with Crippen LogP contribution in [0.25, 0.3) is 0 Å². The minimum Gasteiger partial charge on any atom is -0.356 e. The van der Waals surface area contributed by atoms with Gasteiger partial charge >= 0.3 is 0 Å². The number of amides is 1. The zero-order valence-corrected chi connectivity index (χ0v) is 13.0. The van der Waals surface area contributed by atoms with Gasteiger partial charge < -0.3 is 10.6 Å². The lowest BCUT2D eigenvalue weighted by molar-refractivity contribution is -0.121. The van der Waals surface area contributed by atoms with Crippen LogP contribution in [0.15, 0.2) is 0 Å². The topological polar surface area (TPSA) is 41.1 Å². The molecule has 0 aromatic heterocycles. The second-order valence-electron chi connectivity index (χ2n) is 7.53. The molecule has 2 fully saturated rings. The van der Waals surface area contributed by atoms with Gasteiger partial charge in [0, 0.05) is 13.0 Å². The van der Waals surface area contributed by atoms with Crippen LogP contribution >= 0.6 is 0 Å². The van der Waals surface area contributed by atoms with E-state index in [4.69, 9.17) is 0 Å². The first-order chi connectivity index (χ1) is 8.85. The van der Waals surface area contributed by atoms with E-state index < -0.39 is 0 Å². The van der Waals surface area contributed by atoms with Crippen LogP contribution in [0.1, 0.15) is 53.4 Å². The Morgan fingerprint density at radius 3 is 2.26 bits per heavy atom. The number of hydrogen-bond donors (Lipinski definition) is 2. The van der Waals surface area contributed by atoms with Crippen molar-refractivity contribution in [2.75, 3.05) is 19.6 Å². The Labute approximate surface area is 117 Å². The van der Waals surface area contributed by atoms with Gasteiger partial charge in [-0.15, -0.1) is 0 Å². The van der Waals surface area contributed by atoms with Crippen molar-refractivity contribution in [3.8, 4) is 0 Å². The first-order valence-corrected chi connectivity index (χ1v) is 7.83. The third-order valence-corrected chi connectivity index (χ3v) is 6.06. The number of piperidine rings is 1. The van der Waals surface area contributed by atoms with E-state index in [0.29, 0.717) is 23.2 Å². The van der Waals surface area contributed by atoms with Crippen molar-refractivity contribution < 1.29 is 4.79 Å². The van der Waals surface area contributed by atoms with Crippen LogP contribution in [0, 0.1) is 22.7 Å². The van der Waals surface area contributed by atoms with E-state index in [1.165, 1.54) is 12.8 Å². The van der Waals surface area contributed by atoms with Crippen LogP contribution < -0.4 is 10.6 Å². The van der Waals surface area contributed by atoms with Crippen molar-refractivity contribution in [3.05, 3.63) is 0 Å². The average molecular weight is 266 g/mol. The lowest BCUT2D eigenvalue weighted by atomic mass is 9.93. The molecule has 3 nitrogen and oxygen atoms in total. The van der Waals surface area contributed by atoms with Crippen LogP contribution in [0.5, 0.6) is 0 Å². The fraction of sp³-hybridized carbons (Fsp3) is 0.938. The highest BCUT2D eigenvalue weighted by Crippen LogP contribution is 2.67. The fourth-order valence-corrected chi connectivity index (χ4v) is 3.65. The predicted molar refractivity (Wildman–Crippen MR) is 78.9 cm³/mol. The van der Waals surface area contributed by atoms with Gasteiger partial charge in [0.25, 0.3) is 0 Å². The Bertz CT molecular complexity index is 316. The molecular weight excluding hydrogens is 236 g/mol. The van der Waals surface area contributed by atoms with E-state index in [1.54, 1.807) is 0 Å². The van der Waals surface area contributed by atoms with Gasteiger partial charge in [-0.2, -0.15) is 0 Å². The van der Waals surface area contributed by atoms with E-state index in [9.17, 15) is 4.79 Å². The molecule has 0 bridgehead atoms. The van der Waals surface area contributed by atoms with Gasteiger partial charge in [0.2, 0.25) is 5.91 Å². The molecule has 1 aliphatic carbocycles. The molecule has 0 aromatic carbocycles. The summed E-state index contributed by atoms with van der Waals surface area (Å²) in [5.41, 5.74) is 0.741. The van der Waals surface area contributed by atoms with Gasteiger partial charge in [-0.25, -0.2) is 0 Å². The van der Waals surface area contributed by atoms with Gasteiger partial charge in [-0.3, -0.25) is 4.79 Å². The van der Waals surface area contributed by atoms with Gasteiger partial charge in [0.05, 0.1) is 0 Å². The molecule has 1 aliphatic heterocycles. The van der Waals surface area contributed by atoms with Crippen LogP contribution in [-0.2, 0) is 4.79 Å². The van der Waals surface area contributed by atoms with Gasteiger partial charge in [0.1, 0.15) is 0 Å². The van der Waals surface area contributed by atoms with Crippen molar-refractivity contribution in [1.82, 2.24) is 10.6 Å². The Balaban J connectivity index is 1.63. The van der Waals surface area contributed by atoms with E-state index in [1.807, 2.05) is 0 Å². The lowest BCUT2D eigenvalue weighted by Gasteiger charge is -2.22. The van der Waals surface area contributed by atoms with Crippen molar-refractivity contribution in [2.24, 2.45) is 22.7 Å². The van der Waals surface area contributed by atoms with E-state index in [-0.39, 0.29) is 5.91 Å². The van der Waals surface area contributed by atoms with Gasteiger partial charge in [0.15, 0.2) is 0 Å². The first-order valence-electron chi connectivity index (χ1n) is 7.83. The summed E-state index contributed by atoms with van der Waals surface area (Å²) >= 11 is 0. The van der Waals surface area contributed by atoms with Crippen LogP contribution in [0.2, 0.25) is 0 Å². The molecule has 19 heavy (non-hydrogen) atoms. The Kier molecular flexibility index (Phi) is 4.24. The van der Waals surface area contributed by atoms with Crippen molar-refractivity contribution >= 4 is 5.91 Å². The minimum atomic E-state index is 0.247. The molecule has 1 amide bonds. The molecular formula is C16H30N2O. The highest BCUT2D eigenvalue weighted by atomic mass is 16.1. The molecule has 1 saturated carbocycles. The molecule has 2 rings (SSSR count). The predicted octanol–water partition coefficient (Wildman–Crippen LogP) is 2.56. The quantitative estimate of drug-likeness (QED) is 0.803. The Hall–Kier alpha value is -0.570. The van der Waals surface area contributed by atoms with Gasteiger partial charge in [-0.1, -0.05) is 27.7 Å². The van der Waals surface area contributed by atoms with E-state index in [2.05, 4.69) is 38.3 Å². The molecule has 0 radical (unpaired) electrons. The SMILES string of the molecule is CC1(C)C(CNC(=O)CCC2CCNCC2)C1(C)C. The van der Waals surface area contributed by atoms with Crippen molar-refractivity contribution in [3.63, 3.8) is 0 Å². The Morgan fingerprint density at radius 1 is 1.16 bits per heavy atom. The second kappa shape index (κ2) is 5.43. The summed E-state index contributed by atoms with van der Waals surface area (Å²) in [6, 6.07) is 0. The molecule has 110 valence electrons. The molecule has 0 spiro atoms. The third kappa shape index (κ3) is 3.13. The highest BCUT2D eigenvalue weighted by Gasteiger charge is 2.64. The molecule has 0 atom stereocenters. The zero-order chi connectivity index (χ0) is 14.1. The molecule has 2 aliphatic rings. The van der Waals surface area contributed by atoms with Crippen LogP contribution in [0.3, 0.4) is 0 Å². The summed E-state index contributed by atoms with van der Waals surface area (Å²) in [7, 11) is 0. The Morgan fingerprint density at radius 2 is 1.74 bits per heavy atom. The summed E-state index contributed by atoms with van der Waals surface area (Å²) < 4.78 is 0. The number of hydrogen-bond acceptors (Lipinski definition) is 2. The average Bonchev–Trinajstić information content (AvgIpc) is 2.76. The molecule has 0 unspecified atom stereocenters. The second-order valence-corrected chi connectivity index (χ2v) is 7.53. The molecule has 3 heteroatoms. The largest absolute Gasteiger partial charge is 0.356 e. The van der Waals surface area contributed by atoms with Crippen LogP contribution in [-0.4, -0.2) is 25.5 Å². The van der Waals surface area contributed by atoms with Crippen molar-refractivity contribution in [2.45, 2.75) is 53.4 Å². The summed E-state index contributed by atoms with van der Waals surface area (Å²) in [5.74, 6) is 1.63. The normalized spacial score (nSPS) is 26.1. The van der Waals surface area contributed by atoms with E-state index in [0.717, 1.165) is 32.0 Å². The number of nitrogens with one attached hydrogen (secondary N) is 2. The molecule has 2 N–H and O–H groups in total.